The van der Waals surface area contributed by atoms with Gasteiger partial charge in [-0.15, -0.1) is 0 Å². The number of carbonyl (C=O) groups excluding carboxylic acids is 1. The lowest BCUT2D eigenvalue weighted by molar-refractivity contribution is -0.134. The van der Waals surface area contributed by atoms with E-state index in [0.29, 0.717) is 31.2 Å². The van der Waals surface area contributed by atoms with E-state index in [2.05, 4.69) is 0 Å². The van der Waals surface area contributed by atoms with Crippen molar-refractivity contribution >= 4 is 27.5 Å². The van der Waals surface area contributed by atoms with Crippen LogP contribution in [0.3, 0.4) is 0 Å². The van der Waals surface area contributed by atoms with E-state index in [4.69, 9.17) is 16.3 Å². The molecule has 0 unspecified atom stereocenters. The lowest BCUT2D eigenvalue weighted by Gasteiger charge is -2.31. The Morgan fingerprint density at radius 1 is 0.917 bits per heavy atom. The zero-order valence-electron chi connectivity index (χ0n) is 20.3. The van der Waals surface area contributed by atoms with Gasteiger partial charge in [0.2, 0.25) is 15.9 Å². The van der Waals surface area contributed by atoms with E-state index in [-0.39, 0.29) is 36.4 Å². The normalized spacial score (nSPS) is 16.1. The molecule has 0 N–H and O–H groups in total. The molecule has 1 heterocycles. The quantitative estimate of drug-likeness (QED) is 0.405. The fraction of sp³-hybridized carbons (Fsp3) is 0.321. The Kier molecular flexibility index (Phi) is 8.80. The van der Waals surface area contributed by atoms with E-state index in [1.807, 2.05) is 61.5 Å². The lowest BCUT2D eigenvalue weighted by atomic mass is 10.0. The second-order valence-electron chi connectivity index (χ2n) is 9.04. The summed E-state index contributed by atoms with van der Waals surface area (Å²) in [5.74, 6) is -0.0658. The van der Waals surface area contributed by atoms with Gasteiger partial charge in [-0.3, -0.25) is 4.79 Å². The maximum Gasteiger partial charge on any atom is 0.243 e. The number of benzene rings is 3. The van der Waals surface area contributed by atoms with Crippen LogP contribution in [0.4, 0.5) is 0 Å². The van der Waals surface area contributed by atoms with Gasteiger partial charge in [-0.1, -0.05) is 71.8 Å². The maximum absolute atomic E-state index is 13.2. The molecule has 6 nitrogen and oxygen atoms in total. The first-order chi connectivity index (χ1) is 17.3. The molecule has 4 rings (SSSR count). The first kappa shape index (κ1) is 26.4. The zero-order chi connectivity index (χ0) is 25.5. The second-order valence-corrected chi connectivity index (χ2v) is 11.4. The number of hydrogen-bond acceptors (Lipinski definition) is 4. The number of hydrogen-bond donors (Lipinski definition) is 0. The molecule has 1 aliphatic rings. The van der Waals surface area contributed by atoms with Crippen LogP contribution in [0.5, 0.6) is 0 Å². The predicted molar refractivity (Wildman–Crippen MR) is 141 cm³/mol. The average Bonchev–Trinajstić information content (AvgIpc) is 3.06. The van der Waals surface area contributed by atoms with Crippen molar-refractivity contribution in [2.45, 2.75) is 37.3 Å². The van der Waals surface area contributed by atoms with Crippen molar-refractivity contribution in [3.05, 3.63) is 101 Å². The van der Waals surface area contributed by atoms with Crippen molar-refractivity contribution < 1.29 is 17.9 Å². The number of ether oxygens (including phenoxy) is 1. The molecule has 0 bridgehead atoms. The van der Waals surface area contributed by atoms with Gasteiger partial charge in [0.25, 0.3) is 0 Å². The minimum atomic E-state index is -3.68. The molecule has 1 amide bonds. The number of sulfonamides is 1. The third-order valence-corrected chi connectivity index (χ3v) is 8.52. The third-order valence-electron chi connectivity index (χ3n) is 6.37. The Morgan fingerprint density at radius 2 is 1.64 bits per heavy atom. The molecule has 3 aromatic carbocycles. The number of amides is 1. The SMILES string of the molecule is Cc1ccc(S(=O)(=O)N2CCC(=O)N([C@H](COCc3cccc(Cl)c3)Cc3ccccc3)CC2)cc1. The highest BCUT2D eigenvalue weighted by Crippen LogP contribution is 2.21. The standard InChI is InChI=1S/C28H31ClN2O4S/c1-22-10-12-27(13-11-22)36(33,34)30-15-14-28(32)31(17-16-30)26(19-23-6-3-2-4-7-23)21-35-20-24-8-5-9-25(29)18-24/h2-13,18,26H,14-17,19-21H2,1H3/t26-/m0/s1. The van der Waals surface area contributed by atoms with Crippen LogP contribution in [0.1, 0.15) is 23.1 Å². The molecule has 1 saturated heterocycles. The molecule has 0 saturated carbocycles. The van der Waals surface area contributed by atoms with E-state index >= 15 is 0 Å². The second kappa shape index (κ2) is 12.0. The van der Waals surface area contributed by atoms with Crippen molar-refractivity contribution in [2.24, 2.45) is 0 Å². The first-order valence-electron chi connectivity index (χ1n) is 12.1. The Hall–Kier alpha value is -2.71. The minimum Gasteiger partial charge on any atom is -0.375 e. The van der Waals surface area contributed by atoms with E-state index in [1.54, 1.807) is 29.2 Å². The molecule has 3 aromatic rings. The van der Waals surface area contributed by atoms with Gasteiger partial charge in [-0.25, -0.2) is 8.42 Å². The van der Waals surface area contributed by atoms with Gasteiger partial charge in [0.15, 0.2) is 0 Å². The van der Waals surface area contributed by atoms with Gasteiger partial charge in [0, 0.05) is 31.1 Å². The molecule has 0 aromatic heterocycles. The van der Waals surface area contributed by atoms with Crippen LogP contribution in [0, 0.1) is 6.92 Å². The van der Waals surface area contributed by atoms with Crippen LogP contribution in [0.2, 0.25) is 5.02 Å². The van der Waals surface area contributed by atoms with Crippen LogP contribution in [-0.2, 0) is 32.6 Å². The molecule has 1 atom stereocenters. The molecular weight excluding hydrogens is 496 g/mol. The van der Waals surface area contributed by atoms with Gasteiger partial charge >= 0.3 is 0 Å². The van der Waals surface area contributed by atoms with E-state index in [1.165, 1.54) is 4.31 Å². The largest absolute Gasteiger partial charge is 0.375 e. The van der Waals surface area contributed by atoms with Crippen molar-refractivity contribution in [1.82, 2.24) is 9.21 Å². The minimum absolute atomic E-state index is 0.0658. The summed E-state index contributed by atoms with van der Waals surface area (Å²) in [6, 6.07) is 24.1. The summed E-state index contributed by atoms with van der Waals surface area (Å²) in [5.41, 5.74) is 3.04. The summed E-state index contributed by atoms with van der Waals surface area (Å²) >= 11 is 6.09. The molecule has 8 heteroatoms. The molecule has 0 aliphatic carbocycles. The van der Waals surface area contributed by atoms with Crippen molar-refractivity contribution in [2.75, 3.05) is 26.2 Å². The smallest absolute Gasteiger partial charge is 0.243 e. The molecule has 1 fully saturated rings. The molecule has 1 aliphatic heterocycles. The summed E-state index contributed by atoms with van der Waals surface area (Å²) in [7, 11) is -3.68. The van der Waals surface area contributed by atoms with E-state index in [0.717, 1.165) is 16.7 Å². The highest BCUT2D eigenvalue weighted by Gasteiger charge is 2.32. The van der Waals surface area contributed by atoms with Crippen LogP contribution >= 0.6 is 11.6 Å². The zero-order valence-corrected chi connectivity index (χ0v) is 21.9. The number of carbonyl (C=O) groups is 1. The van der Waals surface area contributed by atoms with Gasteiger partial charge in [0.1, 0.15) is 0 Å². The number of aryl methyl sites for hydroxylation is 1. The fourth-order valence-corrected chi connectivity index (χ4v) is 6.04. The fourth-order valence-electron chi connectivity index (χ4n) is 4.39. The Bertz CT molecular complexity index is 1270. The Labute approximate surface area is 218 Å². The summed E-state index contributed by atoms with van der Waals surface area (Å²) in [6.45, 7) is 3.33. The Balaban J connectivity index is 1.49. The lowest BCUT2D eigenvalue weighted by Crippen LogP contribution is -2.45. The highest BCUT2D eigenvalue weighted by atomic mass is 35.5. The third kappa shape index (κ3) is 6.73. The summed E-state index contributed by atoms with van der Waals surface area (Å²) in [6.07, 6.45) is 0.748. The summed E-state index contributed by atoms with van der Waals surface area (Å²) in [4.78, 5) is 15.2. The van der Waals surface area contributed by atoms with Gasteiger partial charge in [0.05, 0.1) is 24.2 Å². The monoisotopic (exact) mass is 526 g/mol. The molecule has 0 radical (unpaired) electrons. The first-order valence-corrected chi connectivity index (χ1v) is 13.9. The van der Waals surface area contributed by atoms with Gasteiger partial charge in [-0.05, 0) is 48.7 Å². The van der Waals surface area contributed by atoms with Gasteiger partial charge in [-0.2, -0.15) is 4.31 Å². The van der Waals surface area contributed by atoms with E-state index < -0.39 is 10.0 Å². The Morgan fingerprint density at radius 3 is 2.36 bits per heavy atom. The molecule has 0 spiro atoms. The number of nitrogens with zero attached hydrogens (tertiary/aromatic N) is 2. The van der Waals surface area contributed by atoms with E-state index in [9.17, 15) is 13.2 Å². The van der Waals surface area contributed by atoms with Crippen molar-refractivity contribution in [3.63, 3.8) is 0 Å². The number of halogens is 1. The molecular formula is C28H31ClN2O4S. The van der Waals surface area contributed by atoms with Crippen LogP contribution < -0.4 is 0 Å². The molecule has 36 heavy (non-hydrogen) atoms. The van der Waals surface area contributed by atoms with Crippen LogP contribution in [0.25, 0.3) is 0 Å². The summed E-state index contributed by atoms with van der Waals surface area (Å²) in [5, 5.41) is 0.648. The maximum atomic E-state index is 13.2. The van der Waals surface area contributed by atoms with Crippen LogP contribution in [0.15, 0.2) is 83.8 Å². The van der Waals surface area contributed by atoms with Crippen molar-refractivity contribution in [1.29, 1.82) is 0 Å². The van der Waals surface area contributed by atoms with Crippen molar-refractivity contribution in [3.8, 4) is 0 Å². The number of rotatable bonds is 9. The topological polar surface area (TPSA) is 66.9 Å². The average molecular weight is 527 g/mol. The van der Waals surface area contributed by atoms with Crippen LogP contribution in [-0.4, -0.2) is 55.8 Å². The predicted octanol–water partition coefficient (Wildman–Crippen LogP) is 4.70. The van der Waals surface area contributed by atoms with Gasteiger partial charge < -0.3 is 9.64 Å². The molecule has 190 valence electrons. The highest BCUT2D eigenvalue weighted by molar-refractivity contribution is 7.89. The summed E-state index contributed by atoms with van der Waals surface area (Å²) < 4.78 is 33.9.